The van der Waals surface area contributed by atoms with E-state index in [4.69, 9.17) is 9.47 Å². The fourth-order valence-electron chi connectivity index (χ4n) is 2.15. The van der Waals surface area contributed by atoms with Crippen molar-refractivity contribution in [1.82, 2.24) is 5.32 Å². The molecule has 2 rings (SSSR count). The lowest BCUT2D eigenvalue weighted by molar-refractivity contribution is 0.0795. The molecule has 0 amide bonds. The summed E-state index contributed by atoms with van der Waals surface area (Å²) >= 11 is 3.49. The third kappa shape index (κ3) is 4.99. The number of ether oxygens (including phenoxy) is 2. The van der Waals surface area contributed by atoms with E-state index < -0.39 is 0 Å². The lowest BCUT2D eigenvalue weighted by atomic mass is 10.1. The number of methoxy groups -OCH3 is 1. The second-order valence-corrected chi connectivity index (χ2v) is 6.33. The first-order chi connectivity index (χ1) is 10.1. The van der Waals surface area contributed by atoms with Crippen LogP contribution in [0.25, 0.3) is 10.8 Å². The van der Waals surface area contributed by atoms with Crippen molar-refractivity contribution >= 4 is 26.7 Å². The maximum atomic E-state index is 6.04. The predicted molar refractivity (Wildman–Crippen MR) is 91.1 cm³/mol. The Bertz CT molecular complexity index is 586. The molecule has 0 spiro atoms. The maximum Gasteiger partial charge on any atom is 0.134 e. The van der Waals surface area contributed by atoms with Gasteiger partial charge in [-0.05, 0) is 35.0 Å². The van der Waals surface area contributed by atoms with Crippen LogP contribution < -0.4 is 10.1 Å². The molecule has 0 bridgehead atoms. The largest absolute Gasteiger partial charge is 0.487 e. The maximum absolute atomic E-state index is 6.04. The molecule has 4 heteroatoms. The topological polar surface area (TPSA) is 30.5 Å². The highest BCUT2D eigenvalue weighted by Gasteiger charge is 2.11. The van der Waals surface area contributed by atoms with E-state index in [1.165, 1.54) is 10.8 Å². The Kier molecular flexibility index (Phi) is 6.03. The van der Waals surface area contributed by atoms with E-state index in [0.717, 1.165) is 16.8 Å². The molecule has 0 saturated carbocycles. The smallest absolute Gasteiger partial charge is 0.134 e. The van der Waals surface area contributed by atoms with Crippen LogP contribution in [0.5, 0.6) is 5.75 Å². The second-order valence-electron chi connectivity index (χ2n) is 5.41. The van der Waals surface area contributed by atoms with Crippen molar-refractivity contribution in [3.63, 3.8) is 0 Å². The van der Waals surface area contributed by atoms with E-state index in [-0.39, 0.29) is 6.10 Å². The molecule has 2 aromatic rings. The minimum absolute atomic E-state index is 0.00491. The van der Waals surface area contributed by atoms with E-state index in [9.17, 15) is 0 Å². The normalized spacial score (nSPS) is 12.8. The zero-order valence-electron chi connectivity index (χ0n) is 12.7. The minimum atomic E-state index is 0.00491. The fraction of sp³-hybridized carbons (Fsp3) is 0.412. The van der Waals surface area contributed by atoms with Crippen molar-refractivity contribution < 1.29 is 9.47 Å². The van der Waals surface area contributed by atoms with Gasteiger partial charge >= 0.3 is 0 Å². The lowest BCUT2D eigenvalue weighted by Gasteiger charge is -2.20. The Morgan fingerprint density at radius 3 is 2.52 bits per heavy atom. The van der Waals surface area contributed by atoms with Crippen LogP contribution >= 0.6 is 15.9 Å². The van der Waals surface area contributed by atoms with Crippen molar-refractivity contribution in [3.05, 3.63) is 40.9 Å². The van der Waals surface area contributed by atoms with Crippen molar-refractivity contribution in [2.24, 2.45) is 0 Å². The van der Waals surface area contributed by atoms with E-state index in [1.54, 1.807) is 7.11 Å². The summed E-state index contributed by atoms with van der Waals surface area (Å²) in [7, 11) is 1.70. The number of rotatable bonds is 7. The van der Waals surface area contributed by atoms with E-state index in [1.807, 2.05) is 12.1 Å². The summed E-state index contributed by atoms with van der Waals surface area (Å²) in [5.74, 6) is 0.873. The molecule has 21 heavy (non-hydrogen) atoms. The Morgan fingerprint density at radius 2 is 1.81 bits per heavy atom. The first-order valence-electron chi connectivity index (χ1n) is 7.17. The van der Waals surface area contributed by atoms with Crippen LogP contribution in [0.2, 0.25) is 0 Å². The number of fused-ring (bicyclic) bond motifs is 1. The zero-order valence-corrected chi connectivity index (χ0v) is 14.3. The summed E-state index contributed by atoms with van der Waals surface area (Å²) < 4.78 is 12.4. The molecule has 3 nitrogen and oxygen atoms in total. The Labute approximate surface area is 134 Å². The first kappa shape index (κ1) is 16.3. The quantitative estimate of drug-likeness (QED) is 0.817. The number of halogens is 1. The van der Waals surface area contributed by atoms with Crippen molar-refractivity contribution in [3.8, 4) is 5.75 Å². The fourth-order valence-corrected chi connectivity index (χ4v) is 2.53. The van der Waals surface area contributed by atoms with Crippen LogP contribution in [0.15, 0.2) is 40.9 Å². The van der Waals surface area contributed by atoms with Gasteiger partial charge in [-0.1, -0.05) is 41.9 Å². The Balaban J connectivity index is 2.10. The third-order valence-electron chi connectivity index (χ3n) is 3.18. The van der Waals surface area contributed by atoms with E-state index in [2.05, 4.69) is 59.4 Å². The summed E-state index contributed by atoms with van der Waals surface area (Å²) in [6, 6.07) is 12.8. The molecular formula is C17H22BrNO2. The van der Waals surface area contributed by atoms with Gasteiger partial charge in [0.1, 0.15) is 11.9 Å². The molecule has 0 aliphatic rings. The molecule has 0 aromatic heterocycles. The Hall–Kier alpha value is -1.10. The zero-order chi connectivity index (χ0) is 15.2. The summed E-state index contributed by atoms with van der Waals surface area (Å²) in [6.07, 6.45) is 0.00491. The SMILES string of the molecule is COCC(CNC(C)C)Oc1ccc2cc(Br)ccc2c1. The minimum Gasteiger partial charge on any atom is -0.487 e. The number of nitrogens with one attached hydrogen (secondary N) is 1. The van der Waals surface area contributed by atoms with Gasteiger partial charge in [-0.15, -0.1) is 0 Å². The average Bonchev–Trinajstić information content (AvgIpc) is 2.45. The van der Waals surface area contributed by atoms with Gasteiger partial charge < -0.3 is 14.8 Å². The van der Waals surface area contributed by atoms with Crippen LogP contribution in [0.4, 0.5) is 0 Å². The van der Waals surface area contributed by atoms with Crippen LogP contribution in [0.1, 0.15) is 13.8 Å². The van der Waals surface area contributed by atoms with Gasteiger partial charge in [0.05, 0.1) is 6.61 Å². The highest BCUT2D eigenvalue weighted by Crippen LogP contribution is 2.24. The highest BCUT2D eigenvalue weighted by atomic mass is 79.9. The molecule has 0 radical (unpaired) electrons. The molecule has 0 saturated heterocycles. The molecule has 114 valence electrons. The molecule has 1 atom stereocenters. The van der Waals surface area contributed by atoms with Crippen LogP contribution in [0.3, 0.4) is 0 Å². The summed E-state index contributed by atoms with van der Waals surface area (Å²) in [5, 5.41) is 5.75. The van der Waals surface area contributed by atoms with Gasteiger partial charge in [0, 0.05) is 24.2 Å². The van der Waals surface area contributed by atoms with E-state index in [0.29, 0.717) is 12.6 Å². The van der Waals surface area contributed by atoms with Gasteiger partial charge in [-0.25, -0.2) is 0 Å². The van der Waals surface area contributed by atoms with Crippen LogP contribution in [0, 0.1) is 0 Å². The van der Waals surface area contributed by atoms with Crippen molar-refractivity contribution in [1.29, 1.82) is 0 Å². The monoisotopic (exact) mass is 351 g/mol. The van der Waals surface area contributed by atoms with Crippen LogP contribution in [-0.4, -0.2) is 32.4 Å². The second kappa shape index (κ2) is 7.78. The first-order valence-corrected chi connectivity index (χ1v) is 7.96. The van der Waals surface area contributed by atoms with Crippen molar-refractivity contribution in [2.45, 2.75) is 26.0 Å². The Morgan fingerprint density at radius 1 is 1.10 bits per heavy atom. The standard InChI is InChI=1S/C17H22BrNO2/c1-12(2)19-10-17(11-20-3)21-16-7-5-13-8-15(18)6-4-14(13)9-16/h4-9,12,17,19H,10-11H2,1-3H3. The molecule has 1 N–H and O–H groups in total. The molecule has 0 aliphatic heterocycles. The molecule has 1 unspecified atom stereocenters. The van der Waals surface area contributed by atoms with Gasteiger partial charge in [-0.3, -0.25) is 0 Å². The average molecular weight is 352 g/mol. The number of benzene rings is 2. The molecular weight excluding hydrogens is 330 g/mol. The predicted octanol–water partition coefficient (Wildman–Crippen LogP) is 3.99. The van der Waals surface area contributed by atoms with Gasteiger partial charge in [0.2, 0.25) is 0 Å². The summed E-state index contributed by atoms with van der Waals surface area (Å²) in [5.41, 5.74) is 0. The molecule has 0 fully saturated rings. The lowest BCUT2D eigenvalue weighted by Crippen LogP contribution is -2.37. The van der Waals surface area contributed by atoms with Gasteiger partial charge in [0.15, 0.2) is 0 Å². The van der Waals surface area contributed by atoms with Crippen molar-refractivity contribution in [2.75, 3.05) is 20.3 Å². The van der Waals surface area contributed by atoms with E-state index >= 15 is 0 Å². The molecule has 0 heterocycles. The summed E-state index contributed by atoms with van der Waals surface area (Å²) in [4.78, 5) is 0. The van der Waals surface area contributed by atoms with Crippen LogP contribution in [-0.2, 0) is 4.74 Å². The van der Waals surface area contributed by atoms with Gasteiger partial charge in [0.25, 0.3) is 0 Å². The third-order valence-corrected chi connectivity index (χ3v) is 3.68. The van der Waals surface area contributed by atoms with Gasteiger partial charge in [-0.2, -0.15) is 0 Å². The molecule has 2 aromatic carbocycles. The highest BCUT2D eigenvalue weighted by molar-refractivity contribution is 9.10. The summed E-state index contributed by atoms with van der Waals surface area (Å²) in [6.45, 7) is 5.58. The number of hydrogen-bond acceptors (Lipinski definition) is 3. The molecule has 0 aliphatic carbocycles. The number of hydrogen-bond donors (Lipinski definition) is 1.